The number of anilines is 1. The lowest BCUT2D eigenvalue weighted by molar-refractivity contribution is 0.688. The van der Waals surface area contributed by atoms with Crippen LogP contribution in [0.1, 0.15) is 19.3 Å². The van der Waals surface area contributed by atoms with Crippen molar-refractivity contribution in [2.75, 3.05) is 5.32 Å². The summed E-state index contributed by atoms with van der Waals surface area (Å²) < 4.78 is 0. The maximum absolute atomic E-state index is 5.97. The van der Waals surface area contributed by atoms with Crippen molar-refractivity contribution in [3.05, 3.63) is 41.8 Å². The van der Waals surface area contributed by atoms with Crippen molar-refractivity contribution in [1.29, 1.82) is 0 Å². The van der Waals surface area contributed by atoms with Crippen LogP contribution in [-0.2, 0) is 0 Å². The van der Waals surface area contributed by atoms with E-state index in [0.29, 0.717) is 12.1 Å². The molecule has 3 rings (SSSR count). The summed E-state index contributed by atoms with van der Waals surface area (Å²) in [5.74, 6) is 0. The smallest absolute Gasteiger partial charge is 0.0430 e. The lowest BCUT2D eigenvalue weighted by Crippen LogP contribution is -2.20. The molecule has 1 saturated carbocycles. The average Bonchev–Trinajstić information content (AvgIpc) is 3.02. The van der Waals surface area contributed by atoms with Crippen molar-refractivity contribution in [1.82, 2.24) is 0 Å². The molecule has 94 valence electrons. The summed E-state index contributed by atoms with van der Waals surface area (Å²) in [6, 6.07) is 13.7. The van der Waals surface area contributed by atoms with Gasteiger partial charge in [-0.25, -0.2) is 0 Å². The Morgan fingerprint density at radius 2 is 2.00 bits per heavy atom. The molecular formula is C15H18N2S. The molecule has 1 aromatic carbocycles. The highest BCUT2D eigenvalue weighted by Gasteiger charge is 2.22. The molecule has 1 aliphatic rings. The van der Waals surface area contributed by atoms with E-state index in [0.717, 1.165) is 12.8 Å². The third-order valence-electron chi connectivity index (χ3n) is 3.55. The van der Waals surface area contributed by atoms with Crippen molar-refractivity contribution in [3.63, 3.8) is 0 Å². The second kappa shape index (κ2) is 5.12. The highest BCUT2D eigenvalue weighted by Crippen LogP contribution is 2.33. The fraction of sp³-hybridized carbons (Fsp3) is 0.333. The number of thiophene rings is 1. The molecule has 2 unspecified atom stereocenters. The zero-order valence-electron chi connectivity index (χ0n) is 10.3. The minimum absolute atomic E-state index is 0.372. The Morgan fingerprint density at radius 1 is 1.11 bits per heavy atom. The lowest BCUT2D eigenvalue weighted by Gasteiger charge is -2.16. The van der Waals surface area contributed by atoms with Crippen LogP contribution < -0.4 is 11.1 Å². The SMILES string of the molecule is NC1CCC(Nc2ccccc2-c2cccs2)C1. The van der Waals surface area contributed by atoms with Gasteiger partial charge in [-0.05, 0) is 36.8 Å². The molecule has 0 bridgehead atoms. The first-order valence-electron chi connectivity index (χ1n) is 6.48. The minimum Gasteiger partial charge on any atom is -0.382 e. The van der Waals surface area contributed by atoms with E-state index in [-0.39, 0.29) is 0 Å². The van der Waals surface area contributed by atoms with Gasteiger partial charge in [-0.1, -0.05) is 24.3 Å². The predicted octanol–water partition coefficient (Wildman–Crippen LogP) is 3.71. The Bertz CT molecular complexity index is 507. The van der Waals surface area contributed by atoms with E-state index in [1.54, 1.807) is 11.3 Å². The molecule has 2 nitrogen and oxygen atoms in total. The fourth-order valence-electron chi connectivity index (χ4n) is 2.62. The molecule has 0 radical (unpaired) electrons. The first-order valence-corrected chi connectivity index (χ1v) is 7.36. The van der Waals surface area contributed by atoms with Crippen LogP contribution in [0, 0.1) is 0 Å². The van der Waals surface area contributed by atoms with Gasteiger partial charge in [0.15, 0.2) is 0 Å². The number of hydrogen-bond acceptors (Lipinski definition) is 3. The van der Waals surface area contributed by atoms with Crippen molar-refractivity contribution in [2.24, 2.45) is 5.73 Å². The Morgan fingerprint density at radius 3 is 2.72 bits per heavy atom. The Labute approximate surface area is 112 Å². The highest BCUT2D eigenvalue weighted by molar-refractivity contribution is 7.13. The summed E-state index contributed by atoms with van der Waals surface area (Å²) >= 11 is 1.78. The largest absolute Gasteiger partial charge is 0.382 e. The first kappa shape index (κ1) is 11.8. The fourth-order valence-corrected chi connectivity index (χ4v) is 3.39. The molecule has 0 spiro atoms. The standard InChI is InChI=1S/C15H18N2S/c16-11-7-8-12(10-11)17-14-5-2-1-4-13(14)15-6-3-9-18-15/h1-6,9,11-12,17H,7-8,10,16H2. The molecule has 2 atom stereocenters. The number of nitrogens with two attached hydrogens (primary N) is 1. The number of rotatable bonds is 3. The van der Waals surface area contributed by atoms with Gasteiger partial charge in [-0.2, -0.15) is 0 Å². The van der Waals surface area contributed by atoms with E-state index >= 15 is 0 Å². The maximum Gasteiger partial charge on any atom is 0.0430 e. The van der Waals surface area contributed by atoms with Gasteiger partial charge in [0.05, 0.1) is 0 Å². The zero-order valence-corrected chi connectivity index (χ0v) is 11.1. The summed E-state index contributed by atoms with van der Waals surface area (Å²) in [4.78, 5) is 1.32. The molecular weight excluding hydrogens is 240 g/mol. The quantitative estimate of drug-likeness (QED) is 0.881. The predicted molar refractivity (Wildman–Crippen MR) is 79.0 cm³/mol. The van der Waals surface area contributed by atoms with Crippen LogP contribution in [0.3, 0.4) is 0 Å². The van der Waals surface area contributed by atoms with Crippen LogP contribution in [-0.4, -0.2) is 12.1 Å². The van der Waals surface area contributed by atoms with Crippen LogP contribution in [0.2, 0.25) is 0 Å². The summed E-state index contributed by atoms with van der Waals surface area (Å²) in [7, 11) is 0. The van der Waals surface area contributed by atoms with Crippen LogP contribution in [0.15, 0.2) is 41.8 Å². The topological polar surface area (TPSA) is 38.0 Å². The maximum atomic E-state index is 5.97. The minimum atomic E-state index is 0.372. The van der Waals surface area contributed by atoms with Gasteiger partial charge < -0.3 is 11.1 Å². The Kier molecular flexibility index (Phi) is 3.35. The van der Waals surface area contributed by atoms with Gasteiger partial charge in [-0.3, -0.25) is 0 Å². The normalized spacial score (nSPS) is 23.2. The molecule has 1 fully saturated rings. The second-order valence-corrected chi connectivity index (χ2v) is 5.88. The van der Waals surface area contributed by atoms with Crippen LogP contribution in [0.25, 0.3) is 10.4 Å². The molecule has 0 amide bonds. The summed E-state index contributed by atoms with van der Waals surface area (Å²) in [6.45, 7) is 0. The van der Waals surface area contributed by atoms with E-state index in [2.05, 4.69) is 47.1 Å². The summed E-state index contributed by atoms with van der Waals surface area (Å²) in [6.07, 6.45) is 3.40. The molecule has 1 heterocycles. The van der Waals surface area contributed by atoms with Gasteiger partial charge >= 0.3 is 0 Å². The molecule has 0 aliphatic heterocycles. The van der Waals surface area contributed by atoms with E-state index in [4.69, 9.17) is 5.73 Å². The number of para-hydroxylation sites is 1. The van der Waals surface area contributed by atoms with Crippen molar-refractivity contribution in [2.45, 2.75) is 31.3 Å². The molecule has 2 aromatic rings. The van der Waals surface area contributed by atoms with Crippen molar-refractivity contribution >= 4 is 17.0 Å². The van der Waals surface area contributed by atoms with Crippen molar-refractivity contribution in [3.8, 4) is 10.4 Å². The van der Waals surface area contributed by atoms with E-state index in [1.807, 2.05) is 0 Å². The third-order valence-corrected chi connectivity index (χ3v) is 4.45. The van der Waals surface area contributed by atoms with Crippen molar-refractivity contribution < 1.29 is 0 Å². The second-order valence-electron chi connectivity index (χ2n) is 4.94. The summed E-state index contributed by atoms with van der Waals surface area (Å²) in [5, 5.41) is 5.78. The monoisotopic (exact) mass is 258 g/mol. The van der Waals surface area contributed by atoms with Gasteiger partial charge in [0, 0.05) is 28.2 Å². The van der Waals surface area contributed by atoms with E-state index < -0.39 is 0 Å². The zero-order chi connectivity index (χ0) is 12.4. The number of hydrogen-bond donors (Lipinski definition) is 2. The lowest BCUT2D eigenvalue weighted by atomic mass is 10.1. The molecule has 1 aromatic heterocycles. The van der Waals surface area contributed by atoms with E-state index in [9.17, 15) is 0 Å². The third kappa shape index (κ3) is 2.42. The highest BCUT2D eigenvalue weighted by atomic mass is 32.1. The van der Waals surface area contributed by atoms with Crippen LogP contribution in [0.4, 0.5) is 5.69 Å². The first-order chi connectivity index (χ1) is 8.83. The summed E-state index contributed by atoms with van der Waals surface area (Å²) in [5.41, 5.74) is 8.51. The molecule has 3 heteroatoms. The average molecular weight is 258 g/mol. The van der Waals surface area contributed by atoms with Crippen LogP contribution >= 0.6 is 11.3 Å². The van der Waals surface area contributed by atoms with Gasteiger partial charge in [0.1, 0.15) is 0 Å². The molecule has 18 heavy (non-hydrogen) atoms. The van der Waals surface area contributed by atoms with Gasteiger partial charge in [0.25, 0.3) is 0 Å². The molecule has 0 saturated heterocycles. The number of nitrogens with one attached hydrogen (secondary N) is 1. The Hall–Kier alpha value is -1.32. The Balaban J connectivity index is 1.84. The molecule has 3 N–H and O–H groups in total. The van der Waals surface area contributed by atoms with Gasteiger partial charge in [-0.15, -0.1) is 11.3 Å². The van der Waals surface area contributed by atoms with Crippen LogP contribution in [0.5, 0.6) is 0 Å². The number of benzene rings is 1. The molecule has 1 aliphatic carbocycles. The van der Waals surface area contributed by atoms with Gasteiger partial charge in [0.2, 0.25) is 0 Å². The van der Waals surface area contributed by atoms with E-state index in [1.165, 1.54) is 22.5 Å².